The molecule has 0 bridgehead atoms. The maximum atomic E-state index is 5.74. The Labute approximate surface area is 160 Å². The standard InChI is InChI=1S/C20H17N3OS2/c1-3-7-15(8-4-1)18-11-21-20(23-18)26-14-16-13-25-19(22-16)12-24-17-9-5-2-6-10-17/h1-11,13H,12,14H2,(H,21,23). The lowest BCUT2D eigenvalue weighted by molar-refractivity contribution is 0.305. The molecule has 2 aromatic carbocycles. The van der Waals surface area contributed by atoms with Gasteiger partial charge in [-0.1, -0.05) is 60.3 Å². The van der Waals surface area contributed by atoms with E-state index < -0.39 is 0 Å². The third kappa shape index (κ3) is 4.33. The van der Waals surface area contributed by atoms with E-state index in [1.165, 1.54) is 0 Å². The van der Waals surface area contributed by atoms with Crippen LogP contribution in [0.3, 0.4) is 0 Å². The number of ether oxygens (including phenoxy) is 1. The Morgan fingerprint density at radius 1 is 1.00 bits per heavy atom. The van der Waals surface area contributed by atoms with E-state index in [0.29, 0.717) is 6.61 Å². The van der Waals surface area contributed by atoms with Crippen molar-refractivity contribution >= 4 is 23.1 Å². The second-order valence-electron chi connectivity index (χ2n) is 5.59. The van der Waals surface area contributed by atoms with Crippen LogP contribution in [0, 0.1) is 0 Å². The van der Waals surface area contributed by atoms with Gasteiger partial charge in [-0.25, -0.2) is 9.97 Å². The zero-order valence-electron chi connectivity index (χ0n) is 14.0. The molecule has 0 spiro atoms. The smallest absolute Gasteiger partial charge is 0.166 e. The molecular weight excluding hydrogens is 362 g/mol. The van der Waals surface area contributed by atoms with E-state index in [-0.39, 0.29) is 0 Å². The predicted octanol–water partition coefficient (Wildman–Crippen LogP) is 5.40. The summed E-state index contributed by atoms with van der Waals surface area (Å²) in [5.41, 5.74) is 3.22. The van der Waals surface area contributed by atoms with Gasteiger partial charge in [0.05, 0.1) is 17.6 Å². The first-order valence-electron chi connectivity index (χ1n) is 8.21. The van der Waals surface area contributed by atoms with Gasteiger partial charge < -0.3 is 9.72 Å². The zero-order valence-corrected chi connectivity index (χ0v) is 15.6. The molecule has 4 rings (SSSR count). The molecule has 1 N–H and O–H groups in total. The van der Waals surface area contributed by atoms with E-state index in [1.54, 1.807) is 23.1 Å². The van der Waals surface area contributed by atoms with E-state index >= 15 is 0 Å². The van der Waals surface area contributed by atoms with Crippen LogP contribution in [0.4, 0.5) is 0 Å². The molecule has 2 aromatic heterocycles. The quantitative estimate of drug-likeness (QED) is 0.437. The van der Waals surface area contributed by atoms with Crippen molar-refractivity contribution in [2.24, 2.45) is 0 Å². The van der Waals surface area contributed by atoms with Gasteiger partial charge >= 0.3 is 0 Å². The van der Waals surface area contributed by atoms with Crippen LogP contribution in [-0.2, 0) is 12.4 Å². The lowest BCUT2D eigenvalue weighted by atomic mass is 10.2. The lowest BCUT2D eigenvalue weighted by Gasteiger charge is -2.02. The number of benzene rings is 2. The zero-order chi connectivity index (χ0) is 17.6. The first kappa shape index (κ1) is 16.9. The molecule has 6 heteroatoms. The highest BCUT2D eigenvalue weighted by molar-refractivity contribution is 7.98. The van der Waals surface area contributed by atoms with Crippen molar-refractivity contribution in [3.8, 4) is 17.0 Å². The van der Waals surface area contributed by atoms with Gasteiger partial charge in [0.25, 0.3) is 0 Å². The van der Waals surface area contributed by atoms with Crippen molar-refractivity contribution in [2.45, 2.75) is 17.5 Å². The van der Waals surface area contributed by atoms with Gasteiger partial charge in [-0.3, -0.25) is 0 Å². The molecule has 2 heterocycles. The summed E-state index contributed by atoms with van der Waals surface area (Å²) in [5.74, 6) is 1.64. The van der Waals surface area contributed by atoms with Gasteiger partial charge in [-0.15, -0.1) is 11.3 Å². The molecule has 26 heavy (non-hydrogen) atoms. The number of rotatable bonds is 7. The minimum absolute atomic E-state index is 0.498. The summed E-state index contributed by atoms with van der Waals surface area (Å²) in [6.07, 6.45) is 1.87. The van der Waals surface area contributed by atoms with Crippen molar-refractivity contribution in [1.29, 1.82) is 0 Å². The average Bonchev–Trinajstić information content (AvgIpc) is 3.36. The van der Waals surface area contributed by atoms with Crippen LogP contribution in [0.25, 0.3) is 11.3 Å². The fraction of sp³-hybridized carbons (Fsp3) is 0.100. The summed E-state index contributed by atoms with van der Waals surface area (Å²) < 4.78 is 5.74. The number of nitrogens with one attached hydrogen (secondary N) is 1. The topological polar surface area (TPSA) is 50.8 Å². The maximum Gasteiger partial charge on any atom is 0.166 e. The lowest BCUT2D eigenvalue weighted by Crippen LogP contribution is -1.95. The van der Waals surface area contributed by atoms with Gasteiger partial charge in [-0.05, 0) is 17.7 Å². The molecule has 0 radical (unpaired) electrons. The van der Waals surface area contributed by atoms with Crippen molar-refractivity contribution < 1.29 is 4.74 Å². The Bertz CT molecular complexity index is 951. The summed E-state index contributed by atoms with van der Waals surface area (Å²) >= 11 is 3.28. The van der Waals surface area contributed by atoms with E-state index in [0.717, 1.165) is 38.6 Å². The van der Waals surface area contributed by atoms with E-state index in [1.807, 2.05) is 54.7 Å². The Morgan fingerprint density at radius 3 is 2.58 bits per heavy atom. The fourth-order valence-corrected chi connectivity index (χ4v) is 3.98. The molecule has 4 aromatic rings. The van der Waals surface area contributed by atoms with E-state index in [9.17, 15) is 0 Å². The molecule has 0 aliphatic rings. The molecule has 4 nitrogen and oxygen atoms in total. The Balaban J connectivity index is 1.31. The molecule has 0 saturated heterocycles. The van der Waals surface area contributed by atoms with Crippen LogP contribution in [-0.4, -0.2) is 15.0 Å². The summed E-state index contributed by atoms with van der Waals surface area (Å²) in [6, 6.07) is 20.0. The normalized spacial score (nSPS) is 10.8. The highest BCUT2D eigenvalue weighted by atomic mass is 32.2. The largest absolute Gasteiger partial charge is 0.486 e. The van der Waals surface area contributed by atoms with Crippen LogP contribution in [0.15, 0.2) is 77.4 Å². The highest BCUT2D eigenvalue weighted by Gasteiger charge is 2.07. The Morgan fingerprint density at radius 2 is 1.77 bits per heavy atom. The second kappa shape index (κ2) is 8.21. The summed E-state index contributed by atoms with van der Waals surface area (Å²) in [6.45, 7) is 0.498. The number of nitrogens with zero attached hydrogens (tertiary/aromatic N) is 2. The molecule has 0 fully saturated rings. The Hall–Kier alpha value is -2.57. The van der Waals surface area contributed by atoms with Crippen LogP contribution in [0.5, 0.6) is 5.75 Å². The molecular formula is C20H17N3OS2. The van der Waals surface area contributed by atoms with Gasteiger partial charge in [0.2, 0.25) is 0 Å². The van der Waals surface area contributed by atoms with Crippen LogP contribution in [0.2, 0.25) is 0 Å². The molecule has 0 aliphatic carbocycles. The minimum atomic E-state index is 0.498. The first-order valence-corrected chi connectivity index (χ1v) is 10.1. The number of hydrogen-bond donors (Lipinski definition) is 1. The SMILES string of the molecule is c1ccc(OCc2nc(CSc3ncc(-c4ccccc4)[nH]3)cs2)cc1. The maximum absolute atomic E-state index is 5.74. The number of hydrogen-bond acceptors (Lipinski definition) is 5. The van der Waals surface area contributed by atoms with Crippen molar-refractivity contribution in [3.05, 3.63) is 82.9 Å². The molecule has 130 valence electrons. The predicted molar refractivity (Wildman–Crippen MR) is 106 cm³/mol. The number of H-pyrrole nitrogens is 1. The number of thioether (sulfide) groups is 1. The third-order valence-electron chi connectivity index (χ3n) is 3.70. The fourth-order valence-electron chi connectivity index (χ4n) is 2.43. The van der Waals surface area contributed by atoms with Gasteiger partial charge in [0.15, 0.2) is 5.16 Å². The van der Waals surface area contributed by atoms with E-state index in [2.05, 4.69) is 32.5 Å². The summed E-state index contributed by atoms with van der Waals surface area (Å²) in [4.78, 5) is 12.4. The number of aromatic amines is 1. The molecule has 0 unspecified atom stereocenters. The molecule has 0 amide bonds. The first-order chi connectivity index (χ1) is 12.9. The van der Waals surface area contributed by atoms with Crippen LogP contribution >= 0.6 is 23.1 Å². The number of para-hydroxylation sites is 1. The summed E-state index contributed by atoms with van der Waals surface area (Å²) in [7, 11) is 0. The van der Waals surface area contributed by atoms with Crippen molar-refractivity contribution in [3.63, 3.8) is 0 Å². The molecule has 0 atom stereocenters. The van der Waals surface area contributed by atoms with Crippen molar-refractivity contribution in [1.82, 2.24) is 15.0 Å². The highest BCUT2D eigenvalue weighted by Crippen LogP contribution is 2.25. The van der Waals surface area contributed by atoms with Gasteiger partial charge in [0, 0.05) is 11.1 Å². The number of thiazole rings is 1. The van der Waals surface area contributed by atoms with E-state index in [4.69, 9.17) is 4.74 Å². The summed E-state index contributed by atoms with van der Waals surface area (Å²) in [5, 5.41) is 3.96. The van der Waals surface area contributed by atoms with Gasteiger partial charge in [0.1, 0.15) is 17.4 Å². The van der Waals surface area contributed by atoms with Crippen LogP contribution < -0.4 is 4.74 Å². The Kier molecular flexibility index (Phi) is 5.33. The van der Waals surface area contributed by atoms with Crippen molar-refractivity contribution in [2.75, 3.05) is 0 Å². The average molecular weight is 380 g/mol. The van der Waals surface area contributed by atoms with Crippen LogP contribution in [0.1, 0.15) is 10.7 Å². The molecule has 0 aliphatic heterocycles. The third-order valence-corrected chi connectivity index (χ3v) is 5.49. The van der Waals surface area contributed by atoms with Gasteiger partial charge in [-0.2, -0.15) is 0 Å². The minimum Gasteiger partial charge on any atom is -0.486 e. The monoisotopic (exact) mass is 379 g/mol. The second-order valence-corrected chi connectivity index (χ2v) is 7.50. The number of aromatic nitrogens is 3. The molecule has 0 saturated carbocycles. The number of imidazole rings is 1.